The molecule has 2 heterocycles. The molecule has 1 aliphatic rings. The summed E-state index contributed by atoms with van der Waals surface area (Å²) in [6, 6.07) is 7.96. The molecule has 174 valence electrons. The van der Waals surface area contributed by atoms with E-state index in [9.17, 15) is 29.2 Å². The average Bonchev–Trinajstić information content (AvgIpc) is 3.09. The third kappa shape index (κ3) is 4.13. The van der Waals surface area contributed by atoms with E-state index in [0.717, 1.165) is 23.5 Å². The molecule has 1 N–H and O–H groups in total. The van der Waals surface area contributed by atoms with Crippen LogP contribution >= 0.6 is 11.3 Å². The van der Waals surface area contributed by atoms with Crippen molar-refractivity contribution in [1.82, 2.24) is 4.57 Å². The number of halogens is 1. The minimum Gasteiger partial charge on any atom is -0.507 e. The van der Waals surface area contributed by atoms with Crippen LogP contribution in [0.2, 0.25) is 0 Å². The predicted octanol–water partition coefficient (Wildman–Crippen LogP) is 2.55. The Labute approximate surface area is 195 Å². The topological polar surface area (TPSA) is 124 Å². The van der Waals surface area contributed by atoms with Crippen LogP contribution in [-0.4, -0.2) is 27.2 Å². The van der Waals surface area contributed by atoms with Gasteiger partial charge in [-0.3, -0.25) is 19.5 Å². The number of hydrogen-bond acceptors (Lipinski definition) is 8. The zero-order valence-electron chi connectivity index (χ0n) is 18.0. The molecule has 0 amide bonds. The van der Waals surface area contributed by atoms with Gasteiger partial charge in [0.15, 0.2) is 4.80 Å². The molecule has 1 aliphatic heterocycles. The molecule has 9 nitrogen and oxygen atoms in total. The molecule has 0 saturated heterocycles. The van der Waals surface area contributed by atoms with Crippen LogP contribution in [0.1, 0.15) is 31.0 Å². The highest BCUT2D eigenvalue weighted by Crippen LogP contribution is 2.31. The molecule has 0 aliphatic carbocycles. The Bertz CT molecular complexity index is 1520. The van der Waals surface area contributed by atoms with Gasteiger partial charge >= 0.3 is 5.97 Å². The second-order valence-electron chi connectivity index (χ2n) is 7.35. The molecule has 1 aromatic heterocycles. The van der Waals surface area contributed by atoms with Crippen LogP contribution in [0.15, 0.2) is 63.5 Å². The molecule has 11 heteroatoms. The van der Waals surface area contributed by atoms with Gasteiger partial charge in [-0.1, -0.05) is 23.5 Å². The van der Waals surface area contributed by atoms with Gasteiger partial charge in [0.1, 0.15) is 11.6 Å². The van der Waals surface area contributed by atoms with Crippen molar-refractivity contribution in [3.63, 3.8) is 0 Å². The molecular weight excluding hydrogens is 465 g/mol. The van der Waals surface area contributed by atoms with Gasteiger partial charge in [-0.05, 0) is 43.7 Å². The molecule has 0 spiro atoms. The summed E-state index contributed by atoms with van der Waals surface area (Å²) >= 11 is 0.999. The number of aromatic hydroxyl groups is 1. The monoisotopic (exact) mass is 483 g/mol. The number of thiazole rings is 1. The lowest BCUT2D eigenvalue weighted by molar-refractivity contribution is -0.384. The number of rotatable bonds is 5. The van der Waals surface area contributed by atoms with E-state index in [2.05, 4.69) is 4.99 Å². The molecule has 0 fully saturated rings. The van der Waals surface area contributed by atoms with Crippen molar-refractivity contribution in [2.45, 2.75) is 19.9 Å². The first-order valence-corrected chi connectivity index (χ1v) is 11.0. The molecule has 1 atom stereocenters. The number of carbonyl (C=O) groups is 1. The predicted molar refractivity (Wildman–Crippen MR) is 122 cm³/mol. The molecule has 0 bridgehead atoms. The summed E-state index contributed by atoms with van der Waals surface area (Å²) in [5.41, 5.74) is 0.271. The quantitative estimate of drug-likeness (QED) is 0.338. The number of ether oxygens (including phenoxy) is 1. The van der Waals surface area contributed by atoms with Gasteiger partial charge in [-0.25, -0.2) is 14.2 Å². The van der Waals surface area contributed by atoms with Crippen molar-refractivity contribution in [1.29, 1.82) is 0 Å². The fourth-order valence-electron chi connectivity index (χ4n) is 3.66. The van der Waals surface area contributed by atoms with Gasteiger partial charge in [0.05, 0.1) is 33.4 Å². The first-order chi connectivity index (χ1) is 16.2. The van der Waals surface area contributed by atoms with E-state index in [1.165, 1.54) is 41.0 Å². The fraction of sp³-hybridized carbons (Fsp3) is 0.174. The van der Waals surface area contributed by atoms with Crippen LogP contribution in [0, 0.1) is 15.9 Å². The Morgan fingerprint density at radius 1 is 1.32 bits per heavy atom. The number of nitrogens with zero attached hydrogens (tertiary/aromatic N) is 3. The first kappa shape index (κ1) is 23.1. The Kier molecular flexibility index (Phi) is 6.12. The SMILES string of the molecule is CCOC(=O)C1=C(C)N=c2s/c(=C\c3cc([N+](=O)[O-])ccc3O)c(=O)n2[C@H]1c1ccc(F)cc1. The maximum Gasteiger partial charge on any atom is 0.338 e. The van der Waals surface area contributed by atoms with Crippen molar-refractivity contribution in [2.24, 2.45) is 4.99 Å². The van der Waals surface area contributed by atoms with E-state index < -0.39 is 28.3 Å². The highest BCUT2D eigenvalue weighted by atomic mass is 32.1. The maximum absolute atomic E-state index is 13.6. The van der Waals surface area contributed by atoms with E-state index in [-0.39, 0.29) is 38.5 Å². The zero-order valence-corrected chi connectivity index (χ0v) is 18.8. The van der Waals surface area contributed by atoms with Crippen LogP contribution in [0.5, 0.6) is 5.75 Å². The standard InChI is InChI=1S/C23H18FN3O6S/c1-3-33-22(30)19-12(2)25-23-26(20(19)13-4-6-15(24)7-5-13)21(29)18(34-23)11-14-10-16(27(31)32)8-9-17(14)28/h4-11,20,28H,3H2,1-2H3/b18-11-/t20-/m0/s1. The number of nitro benzene ring substituents is 1. The zero-order chi connectivity index (χ0) is 24.6. The molecule has 34 heavy (non-hydrogen) atoms. The van der Waals surface area contributed by atoms with E-state index in [0.29, 0.717) is 11.3 Å². The number of allylic oxidation sites excluding steroid dienone is 1. The highest BCUT2D eigenvalue weighted by Gasteiger charge is 2.33. The van der Waals surface area contributed by atoms with E-state index in [1.807, 2.05) is 0 Å². The molecule has 4 rings (SSSR count). The largest absolute Gasteiger partial charge is 0.507 e. The second kappa shape index (κ2) is 9.02. The number of hydrogen-bond donors (Lipinski definition) is 1. The van der Waals surface area contributed by atoms with E-state index >= 15 is 0 Å². The van der Waals surface area contributed by atoms with Crippen LogP contribution < -0.4 is 14.9 Å². The lowest BCUT2D eigenvalue weighted by Crippen LogP contribution is -2.39. The summed E-state index contributed by atoms with van der Waals surface area (Å²) in [6.07, 6.45) is 1.33. The summed E-state index contributed by atoms with van der Waals surface area (Å²) in [5, 5.41) is 21.3. The molecular formula is C23H18FN3O6S. The number of non-ortho nitro benzene ring substituents is 1. The molecule has 0 radical (unpaired) electrons. The molecule has 0 saturated carbocycles. The van der Waals surface area contributed by atoms with Crippen LogP contribution in [0.3, 0.4) is 0 Å². The van der Waals surface area contributed by atoms with Crippen molar-refractivity contribution >= 4 is 29.1 Å². The smallest absolute Gasteiger partial charge is 0.338 e. The summed E-state index contributed by atoms with van der Waals surface area (Å²) < 4.78 is 20.2. The van der Waals surface area contributed by atoms with Gasteiger partial charge in [-0.2, -0.15) is 0 Å². The number of aromatic nitrogens is 1. The van der Waals surface area contributed by atoms with Crippen LogP contribution in [0.25, 0.3) is 6.08 Å². The number of nitro groups is 1. The van der Waals surface area contributed by atoms with E-state index in [1.54, 1.807) is 13.8 Å². The number of phenols is 1. The lowest BCUT2D eigenvalue weighted by atomic mass is 9.96. The summed E-state index contributed by atoms with van der Waals surface area (Å²) in [4.78, 5) is 41.4. The van der Waals surface area contributed by atoms with Crippen molar-refractivity contribution < 1.29 is 24.0 Å². The third-order valence-corrected chi connectivity index (χ3v) is 6.19. The van der Waals surface area contributed by atoms with Gasteiger partial charge < -0.3 is 9.84 Å². The fourth-order valence-corrected chi connectivity index (χ4v) is 4.70. The molecule has 0 unspecified atom stereocenters. The van der Waals surface area contributed by atoms with Crippen LogP contribution in [-0.2, 0) is 9.53 Å². The number of phenolic OH excluding ortho intramolecular Hbond substituents is 1. The summed E-state index contributed by atoms with van der Waals surface area (Å²) in [7, 11) is 0. The minimum absolute atomic E-state index is 0.0825. The number of benzene rings is 2. The Balaban J connectivity index is 1.96. The van der Waals surface area contributed by atoms with Gasteiger partial charge in [0, 0.05) is 17.7 Å². The van der Waals surface area contributed by atoms with Crippen molar-refractivity contribution in [3.8, 4) is 5.75 Å². The van der Waals surface area contributed by atoms with Gasteiger partial charge in [0.25, 0.3) is 11.2 Å². The normalized spacial score (nSPS) is 15.6. The maximum atomic E-state index is 13.6. The highest BCUT2D eigenvalue weighted by molar-refractivity contribution is 7.07. The summed E-state index contributed by atoms with van der Waals surface area (Å²) in [6.45, 7) is 3.38. The van der Waals surface area contributed by atoms with Crippen molar-refractivity contribution in [3.05, 3.63) is 100 Å². The average molecular weight is 483 g/mol. The molecule has 3 aromatic rings. The van der Waals surface area contributed by atoms with Crippen LogP contribution in [0.4, 0.5) is 10.1 Å². The van der Waals surface area contributed by atoms with E-state index in [4.69, 9.17) is 4.74 Å². The first-order valence-electron chi connectivity index (χ1n) is 10.1. The molecule has 2 aromatic carbocycles. The second-order valence-corrected chi connectivity index (χ2v) is 8.36. The number of carbonyl (C=O) groups excluding carboxylic acids is 1. The van der Waals surface area contributed by atoms with Gasteiger partial charge in [-0.15, -0.1) is 0 Å². The lowest BCUT2D eigenvalue weighted by Gasteiger charge is -2.24. The number of fused-ring (bicyclic) bond motifs is 1. The Hall–Kier alpha value is -4.12. The minimum atomic E-state index is -0.920. The Morgan fingerprint density at radius 3 is 2.68 bits per heavy atom. The third-order valence-electron chi connectivity index (χ3n) is 5.21. The number of esters is 1. The van der Waals surface area contributed by atoms with Crippen molar-refractivity contribution in [2.75, 3.05) is 6.61 Å². The summed E-state index contributed by atoms with van der Waals surface area (Å²) in [5.74, 6) is -1.37. The Morgan fingerprint density at radius 2 is 2.03 bits per heavy atom. The van der Waals surface area contributed by atoms with Gasteiger partial charge in [0.2, 0.25) is 0 Å².